The van der Waals surface area contributed by atoms with Crippen LogP contribution in [-0.4, -0.2) is 32.3 Å². The fraction of sp³-hybridized carbons (Fsp3) is 0.286. The summed E-state index contributed by atoms with van der Waals surface area (Å²) in [4.78, 5) is 2.12. The number of anilines is 1. The van der Waals surface area contributed by atoms with Gasteiger partial charge in [0, 0.05) is 42.6 Å². The van der Waals surface area contributed by atoms with Crippen LogP contribution < -0.4 is 4.81 Å². The zero-order chi connectivity index (χ0) is 13.4. The summed E-state index contributed by atoms with van der Waals surface area (Å²) >= 11 is 6.11. The van der Waals surface area contributed by atoms with Gasteiger partial charge in [-0.2, -0.15) is 0 Å². The standard InChI is InChI=1S/C14H15BClNO2/c1-19-15-17-8-9(7-16)14-11-5-3-2-4-10(11)13(18)6-12(14)17/h2-6,9,15,18H,7-8H2,1H3. The number of fused-ring (bicyclic) bond motifs is 3. The lowest BCUT2D eigenvalue weighted by Gasteiger charge is -2.17. The number of rotatable bonds is 3. The van der Waals surface area contributed by atoms with Crippen LogP contribution in [0.1, 0.15) is 11.5 Å². The third-order valence-corrected chi connectivity index (χ3v) is 4.08. The zero-order valence-corrected chi connectivity index (χ0v) is 11.5. The van der Waals surface area contributed by atoms with Gasteiger partial charge in [0.25, 0.3) is 0 Å². The number of benzene rings is 2. The number of nitrogens with zero attached hydrogens (tertiary/aromatic N) is 1. The Morgan fingerprint density at radius 2 is 2.16 bits per heavy atom. The predicted molar refractivity (Wildman–Crippen MR) is 80.6 cm³/mol. The van der Waals surface area contributed by atoms with E-state index in [4.69, 9.17) is 16.3 Å². The number of phenols is 1. The minimum Gasteiger partial charge on any atom is -0.507 e. The maximum atomic E-state index is 10.2. The van der Waals surface area contributed by atoms with Gasteiger partial charge < -0.3 is 14.6 Å². The van der Waals surface area contributed by atoms with Gasteiger partial charge in [0.2, 0.25) is 0 Å². The molecule has 2 aromatic rings. The third-order valence-electron chi connectivity index (χ3n) is 3.70. The molecule has 3 nitrogen and oxygen atoms in total. The van der Waals surface area contributed by atoms with Crippen molar-refractivity contribution in [3.8, 4) is 5.75 Å². The van der Waals surface area contributed by atoms with E-state index in [0.717, 1.165) is 23.0 Å². The Morgan fingerprint density at radius 3 is 2.84 bits per heavy atom. The summed E-state index contributed by atoms with van der Waals surface area (Å²) in [7, 11) is 2.19. The number of alkyl halides is 1. The van der Waals surface area contributed by atoms with Crippen molar-refractivity contribution in [3.63, 3.8) is 0 Å². The second-order valence-corrected chi connectivity index (χ2v) is 5.17. The highest BCUT2D eigenvalue weighted by Gasteiger charge is 2.31. The summed E-state index contributed by atoms with van der Waals surface area (Å²) in [6.45, 7) is 0.833. The molecular weight excluding hydrogens is 260 g/mol. The zero-order valence-electron chi connectivity index (χ0n) is 10.8. The molecule has 0 aliphatic carbocycles. The summed E-state index contributed by atoms with van der Waals surface area (Å²) in [6, 6.07) is 9.74. The van der Waals surface area contributed by atoms with E-state index >= 15 is 0 Å². The van der Waals surface area contributed by atoms with Crippen LogP contribution in [0, 0.1) is 0 Å². The van der Waals surface area contributed by atoms with Crippen molar-refractivity contribution in [1.82, 2.24) is 0 Å². The fourth-order valence-electron chi connectivity index (χ4n) is 2.91. The average Bonchev–Trinajstić information content (AvgIpc) is 2.78. The highest BCUT2D eigenvalue weighted by atomic mass is 35.5. The van der Waals surface area contributed by atoms with E-state index in [1.807, 2.05) is 30.3 Å². The molecule has 1 N–H and O–H groups in total. The highest BCUT2D eigenvalue weighted by Crippen LogP contribution is 2.44. The maximum Gasteiger partial charge on any atom is 0.396 e. The van der Waals surface area contributed by atoms with Gasteiger partial charge in [0.15, 0.2) is 0 Å². The van der Waals surface area contributed by atoms with E-state index in [1.165, 1.54) is 5.56 Å². The summed E-state index contributed by atoms with van der Waals surface area (Å²) in [6.07, 6.45) is 0. The molecule has 1 heterocycles. The van der Waals surface area contributed by atoms with Crippen LogP contribution in [0.5, 0.6) is 5.75 Å². The van der Waals surface area contributed by atoms with Crippen LogP contribution in [0.4, 0.5) is 5.69 Å². The van der Waals surface area contributed by atoms with E-state index in [-0.39, 0.29) is 5.92 Å². The molecule has 1 aliphatic heterocycles. The number of phenolic OH excluding ortho intramolecular Hbond substituents is 1. The predicted octanol–water partition coefficient (Wildman–Crippen LogP) is 2.60. The normalized spacial score (nSPS) is 17.8. The van der Waals surface area contributed by atoms with Crippen molar-refractivity contribution >= 4 is 35.7 Å². The molecule has 0 spiro atoms. The molecule has 0 saturated carbocycles. The number of hydrogen-bond acceptors (Lipinski definition) is 3. The Labute approximate surface area is 118 Å². The first-order valence-electron chi connectivity index (χ1n) is 6.30. The van der Waals surface area contributed by atoms with Crippen molar-refractivity contribution in [3.05, 3.63) is 35.9 Å². The molecule has 2 aromatic carbocycles. The highest BCUT2D eigenvalue weighted by molar-refractivity contribution is 6.35. The van der Waals surface area contributed by atoms with Crippen molar-refractivity contribution in [2.24, 2.45) is 0 Å². The molecule has 1 atom stereocenters. The average molecular weight is 276 g/mol. The molecule has 19 heavy (non-hydrogen) atoms. The van der Waals surface area contributed by atoms with Crippen LogP contribution in [-0.2, 0) is 4.65 Å². The molecule has 98 valence electrons. The van der Waals surface area contributed by atoms with Crippen LogP contribution >= 0.6 is 11.6 Å². The second kappa shape index (κ2) is 4.95. The molecule has 0 aromatic heterocycles. The van der Waals surface area contributed by atoms with Crippen LogP contribution in [0.3, 0.4) is 0 Å². The van der Waals surface area contributed by atoms with Gasteiger partial charge >= 0.3 is 7.62 Å². The molecule has 0 saturated heterocycles. The van der Waals surface area contributed by atoms with Crippen LogP contribution in [0.15, 0.2) is 30.3 Å². The number of halogens is 1. The lowest BCUT2D eigenvalue weighted by Crippen LogP contribution is -2.27. The largest absolute Gasteiger partial charge is 0.507 e. The fourth-order valence-corrected chi connectivity index (χ4v) is 3.17. The smallest absolute Gasteiger partial charge is 0.396 e. The van der Waals surface area contributed by atoms with Crippen molar-refractivity contribution in [2.45, 2.75) is 5.92 Å². The monoisotopic (exact) mass is 275 g/mol. The third kappa shape index (κ3) is 1.95. The molecule has 0 fully saturated rings. The van der Waals surface area contributed by atoms with E-state index in [9.17, 15) is 5.11 Å². The van der Waals surface area contributed by atoms with E-state index in [1.54, 1.807) is 7.11 Å². The molecular formula is C14H15BClNO2. The van der Waals surface area contributed by atoms with E-state index < -0.39 is 0 Å². The Kier molecular flexibility index (Phi) is 3.29. The molecule has 3 rings (SSSR count). The van der Waals surface area contributed by atoms with Gasteiger partial charge in [0.1, 0.15) is 5.75 Å². The molecule has 1 unspecified atom stereocenters. The van der Waals surface area contributed by atoms with Gasteiger partial charge in [-0.3, -0.25) is 0 Å². The number of hydrogen-bond donors (Lipinski definition) is 1. The maximum absolute atomic E-state index is 10.2. The van der Waals surface area contributed by atoms with Gasteiger partial charge in [-0.05, 0) is 10.9 Å². The quantitative estimate of drug-likeness (QED) is 0.690. The molecule has 5 heteroatoms. The van der Waals surface area contributed by atoms with Gasteiger partial charge in [-0.1, -0.05) is 24.3 Å². The minimum absolute atomic E-state index is 0.275. The van der Waals surface area contributed by atoms with Crippen molar-refractivity contribution in [1.29, 1.82) is 0 Å². The van der Waals surface area contributed by atoms with Crippen LogP contribution in [0.25, 0.3) is 10.8 Å². The molecule has 0 radical (unpaired) electrons. The summed E-state index contributed by atoms with van der Waals surface area (Å²) < 4.78 is 5.23. The van der Waals surface area contributed by atoms with Crippen molar-refractivity contribution in [2.75, 3.05) is 24.3 Å². The molecule has 0 bridgehead atoms. The summed E-state index contributed by atoms with van der Waals surface area (Å²) in [5, 5.41) is 12.1. The van der Waals surface area contributed by atoms with Crippen molar-refractivity contribution < 1.29 is 9.76 Å². The second-order valence-electron chi connectivity index (χ2n) is 4.87. The lowest BCUT2D eigenvalue weighted by molar-refractivity contribution is 0.438. The van der Waals surface area contributed by atoms with Crippen LogP contribution in [0.2, 0.25) is 0 Å². The first kappa shape index (κ1) is 12.6. The Balaban J connectivity index is 2.25. The first-order chi connectivity index (χ1) is 9.26. The first-order valence-corrected chi connectivity index (χ1v) is 6.84. The SMILES string of the molecule is COBN1CC(CCl)c2c1cc(O)c1ccccc21. The van der Waals surface area contributed by atoms with Gasteiger partial charge in [-0.25, -0.2) is 0 Å². The van der Waals surface area contributed by atoms with E-state index in [0.29, 0.717) is 19.2 Å². The van der Waals surface area contributed by atoms with Gasteiger partial charge in [-0.15, -0.1) is 11.6 Å². The Bertz CT molecular complexity index is 620. The molecule has 1 aliphatic rings. The van der Waals surface area contributed by atoms with E-state index in [2.05, 4.69) is 4.81 Å². The topological polar surface area (TPSA) is 32.7 Å². The summed E-state index contributed by atoms with van der Waals surface area (Å²) in [5.74, 6) is 1.16. The Hall–Kier alpha value is -1.39. The Morgan fingerprint density at radius 1 is 1.42 bits per heavy atom. The minimum atomic E-state index is 0.275. The lowest BCUT2D eigenvalue weighted by atomic mass is 9.95. The van der Waals surface area contributed by atoms with Gasteiger partial charge in [0.05, 0.1) is 0 Å². The summed E-state index contributed by atoms with van der Waals surface area (Å²) in [5.41, 5.74) is 2.25. The number of aromatic hydroxyl groups is 1. The molecule has 0 amide bonds.